The molecule has 3 fully saturated rings. The van der Waals surface area contributed by atoms with Crippen molar-refractivity contribution in [2.24, 2.45) is 0 Å². The zero-order valence-electron chi connectivity index (χ0n) is 42.2. The van der Waals surface area contributed by atoms with Crippen molar-refractivity contribution in [3.63, 3.8) is 0 Å². The first-order chi connectivity index (χ1) is 38.3. The third-order valence-electron chi connectivity index (χ3n) is 14.1. The number of pyridine rings is 1. The van der Waals surface area contributed by atoms with Crippen LogP contribution >= 0.6 is 16.5 Å². The Morgan fingerprint density at radius 1 is 0.772 bits per heavy atom. The van der Waals surface area contributed by atoms with E-state index in [2.05, 4.69) is 0 Å². The van der Waals surface area contributed by atoms with Gasteiger partial charge in [0.15, 0.2) is 31.8 Å². The molecule has 410 valence electrons. The number of carboxylic acid groups (broad SMARTS) is 1. The van der Waals surface area contributed by atoms with Crippen LogP contribution in [0, 0.1) is 11.6 Å². The zero-order chi connectivity index (χ0) is 54.7. The van der Waals surface area contributed by atoms with Gasteiger partial charge < -0.3 is 38.3 Å². The van der Waals surface area contributed by atoms with Gasteiger partial charge in [0.2, 0.25) is 11.5 Å². The first-order valence-electron chi connectivity index (χ1n) is 25.4. The van der Waals surface area contributed by atoms with Crippen LogP contribution in [0.15, 0.2) is 157 Å². The number of fused-ring (bicyclic) bond motifs is 5. The number of amides is 1. The lowest BCUT2D eigenvalue weighted by molar-refractivity contribution is -0.380. The van der Waals surface area contributed by atoms with Gasteiger partial charge in [-0.3, -0.25) is 32.4 Å². The number of aromatic carboxylic acids is 1. The van der Waals surface area contributed by atoms with Gasteiger partial charge in [-0.05, 0) is 53.3 Å². The quantitative estimate of drug-likeness (QED) is 0.0468. The number of phosphoric ester groups is 1. The summed E-state index contributed by atoms with van der Waals surface area (Å²) in [5.41, 5.74) is -0.158. The molecule has 22 heteroatoms. The summed E-state index contributed by atoms with van der Waals surface area (Å²) in [6.07, 6.45) is 0.361. The second kappa shape index (κ2) is 22.8. The average Bonchev–Trinajstić information content (AvgIpc) is 4.26. The summed E-state index contributed by atoms with van der Waals surface area (Å²) >= 11 is 0. The lowest BCUT2D eigenvalue weighted by Gasteiger charge is -2.35. The van der Waals surface area contributed by atoms with Gasteiger partial charge >= 0.3 is 25.9 Å². The number of hydrogen-bond donors (Lipinski definition) is 1. The molecule has 0 bridgehead atoms. The van der Waals surface area contributed by atoms with Crippen LogP contribution < -0.4 is 24.7 Å². The molecule has 1 aromatic heterocycles. The van der Waals surface area contributed by atoms with Crippen molar-refractivity contribution in [3.8, 4) is 11.5 Å². The highest BCUT2D eigenvalue weighted by Crippen LogP contribution is 2.58. The molecule has 1 aliphatic carbocycles. The number of benzene rings is 6. The molecular weight excluding hydrogens is 1070 g/mol. The van der Waals surface area contributed by atoms with Crippen LogP contribution in [-0.4, -0.2) is 71.8 Å². The number of halogens is 2. The minimum atomic E-state index is -4.66. The number of carbonyl (C=O) groups is 2. The summed E-state index contributed by atoms with van der Waals surface area (Å²) in [5.74, 6) is -5.72. The fourth-order valence-electron chi connectivity index (χ4n) is 10.1. The van der Waals surface area contributed by atoms with E-state index < -0.39 is 81.5 Å². The Balaban J connectivity index is 0.901. The predicted molar refractivity (Wildman–Crippen MR) is 285 cm³/mol. The maximum atomic E-state index is 16.8. The standard InChI is InChI=1S/C57H53F2N3O15P2/c58-46-25-42(61-29-49(75-55(61)66)57(76-78-67,71-30-37-13-5-1-6-14-37)72-31-38-15-7-2-8-16-38)23-24-48(46)70-36-56(77-79(68,73-32-39-17-9-3-10-18-39)74-33-40-19-11-4-12-20-40)27-43-34-69-53-50-44(26-47(59)51(53)62(43)35-56)52(63)45(54(64)65)28-60(50)41-21-22-41/h1-20,23-26,28,41,43,49H,21-22,27,29-36,78H2,(H,64,65)/t43-,49?,56-/m0/s1. The first kappa shape index (κ1) is 53.7. The van der Waals surface area contributed by atoms with E-state index in [1.54, 1.807) is 82.3 Å². The van der Waals surface area contributed by atoms with Gasteiger partial charge in [0.05, 0.1) is 62.1 Å². The molecule has 11 rings (SSSR count). The van der Waals surface area contributed by atoms with E-state index in [0.717, 1.165) is 28.2 Å². The van der Waals surface area contributed by atoms with Gasteiger partial charge in [0.1, 0.15) is 30.1 Å². The third kappa shape index (κ3) is 11.6. The fraction of sp³-hybridized carbons (Fsp3) is 0.281. The summed E-state index contributed by atoms with van der Waals surface area (Å²) in [4.78, 5) is 42.3. The molecule has 4 aliphatic rings. The van der Waals surface area contributed by atoms with Crippen LogP contribution in [0.1, 0.15) is 57.9 Å². The van der Waals surface area contributed by atoms with E-state index in [4.69, 9.17) is 41.8 Å². The van der Waals surface area contributed by atoms with Crippen molar-refractivity contribution >= 4 is 50.8 Å². The van der Waals surface area contributed by atoms with Crippen molar-refractivity contribution < 1.29 is 74.4 Å². The van der Waals surface area contributed by atoms with Gasteiger partial charge in [-0.25, -0.2) is 22.9 Å². The van der Waals surface area contributed by atoms with Crippen LogP contribution in [0.25, 0.3) is 10.9 Å². The largest absolute Gasteiger partial charge is 0.487 e. The SMILES string of the molecule is O=[PH2]OC(OCc1ccccc1)(OCc1ccccc1)C1CN(c2ccc(OC[C@]3(OP(=O)(OCc4ccccc4)OCc4ccccc4)C[C@H]4COc5c(c(F)cc6c(=O)c(C(=O)O)cn(C7CC7)c56)N4C3)c(F)c2)C(=O)O1. The molecule has 4 atom stereocenters. The second-order valence-electron chi connectivity index (χ2n) is 19.5. The monoisotopic (exact) mass is 1120 g/mol. The normalized spacial score (nSPS) is 19.1. The van der Waals surface area contributed by atoms with E-state index >= 15 is 13.3 Å². The van der Waals surface area contributed by atoms with Crippen LogP contribution in [0.4, 0.5) is 25.0 Å². The molecule has 1 amide bonds. The summed E-state index contributed by atoms with van der Waals surface area (Å²) < 4.78 is 118. The second-order valence-corrected chi connectivity index (χ2v) is 21.6. The van der Waals surface area contributed by atoms with E-state index in [0.29, 0.717) is 24.0 Å². The molecule has 0 spiro atoms. The summed E-state index contributed by atoms with van der Waals surface area (Å²) in [5, 5.41) is 9.76. The molecule has 2 unspecified atom stereocenters. The number of ether oxygens (including phenoxy) is 5. The Bertz CT molecular complexity index is 3400. The lowest BCUT2D eigenvalue weighted by Crippen LogP contribution is -2.50. The van der Waals surface area contributed by atoms with Crippen molar-refractivity contribution in [2.45, 2.75) is 75.5 Å². The summed E-state index contributed by atoms with van der Waals surface area (Å²) in [6.45, 7) is -1.73. The van der Waals surface area contributed by atoms with Crippen LogP contribution in [0.2, 0.25) is 0 Å². The Morgan fingerprint density at radius 3 is 1.90 bits per heavy atom. The molecule has 7 aromatic rings. The molecule has 6 aromatic carbocycles. The summed E-state index contributed by atoms with van der Waals surface area (Å²) in [6, 6.07) is 39.9. The number of aromatic nitrogens is 1. The zero-order valence-corrected chi connectivity index (χ0v) is 44.3. The molecule has 18 nitrogen and oxygen atoms in total. The number of hydrogen-bond acceptors (Lipinski definition) is 15. The van der Waals surface area contributed by atoms with E-state index in [1.165, 1.54) is 18.3 Å². The Kier molecular flexibility index (Phi) is 15.5. The highest BCUT2D eigenvalue weighted by Gasteiger charge is 2.55. The Labute approximate surface area is 452 Å². The Morgan fingerprint density at radius 2 is 1.35 bits per heavy atom. The number of phosphoric acid groups is 1. The number of nitrogens with zero attached hydrogens (tertiary/aromatic N) is 3. The maximum absolute atomic E-state index is 16.8. The van der Waals surface area contributed by atoms with E-state index in [1.807, 2.05) is 48.5 Å². The smallest absolute Gasteiger partial charge is 0.476 e. The van der Waals surface area contributed by atoms with Crippen molar-refractivity contribution in [2.75, 3.05) is 36.1 Å². The number of cyclic esters (lactones) is 1. The molecule has 1 saturated carbocycles. The molecule has 0 radical (unpaired) electrons. The minimum Gasteiger partial charge on any atom is -0.487 e. The van der Waals surface area contributed by atoms with E-state index in [-0.39, 0.29) is 92.4 Å². The van der Waals surface area contributed by atoms with Gasteiger partial charge in [-0.2, -0.15) is 0 Å². The molecule has 3 aliphatic heterocycles. The predicted octanol–water partition coefficient (Wildman–Crippen LogP) is 10.8. The molecule has 79 heavy (non-hydrogen) atoms. The topological polar surface area (TPSA) is 200 Å². The molecule has 4 heterocycles. The number of carboxylic acids is 1. The van der Waals surface area contributed by atoms with Crippen LogP contribution in [0.3, 0.4) is 0 Å². The van der Waals surface area contributed by atoms with Crippen LogP contribution in [0.5, 0.6) is 11.5 Å². The molecule has 1 N–H and O–H groups in total. The highest BCUT2D eigenvalue weighted by atomic mass is 31.2. The average molecular weight is 1120 g/mol. The molecular formula is C57H53F2N3O15P2. The van der Waals surface area contributed by atoms with Gasteiger partial charge in [0.25, 0.3) is 0 Å². The first-order valence-corrected chi connectivity index (χ1v) is 27.8. The van der Waals surface area contributed by atoms with Crippen molar-refractivity contribution in [1.82, 2.24) is 4.57 Å². The maximum Gasteiger partial charge on any atom is 0.476 e. The fourth-order valence-corrected chi connectivity index (χ4v) is 11.9. The van der Waals surface area contributed by atoms with Crippen molar-refractivity contribution in [1.29, 1.82) is 0 Å². The number of carbonyl (C=O) groups excluding carboxylic acids is 1. The number of anilines is 2. The van der Waals surface area contributed by atoms with Gasteiger partial charge in [-0.15, -0.1) is 0 Å². The molecule has 2 saturated heterocycles. The van der Waals surface area contributed by atoms with Crippen LogP contribution in [-0.2, 0) is 67.9 Å². The lowest BCUT2D eigenvalue weighted by atomic mass is 10.0. The third-order valence-corrected chi connectivity index (χ3v) is 16.0. The van der Waals surface area contributed by atoms with Crippen molar-refractivity contribution in [3.05, 3.63) is 201 Å². The highest BCUT2D eigenvalue weighted by molar-refractivity contribution is 7.48. The van der Waals surface area contributed by atoms with Gasteiger partial charge in [-0.1, -0.05) is 121 Å². The van der Waals surface area contributed by atoms with Gasteiger partial charge in [0, 0.05) is 24.7 Å². The minimum absolute atomic E-state index is 0.0145. The Hall–Kier alpha value is -7.25. The number of rotatable bonds is 23. The summed E-state index contributed by atoms with van der Waals surface area (Å²) in [7, 11) is -6.63. The van der Waals surface area contributed by atoms with E-state index in [9.17, 15) is 24.1 Å².